The molecule has 158 valence electrons. The molecule has 1 fully saturated rings. The fraction of sp³-hybridized carbons (Fsp3) is 0.458. The van der Waals surface area contributed by atoms with Crippen molar-refractivity contribution >= 4 is 11.9 Å². The summed E-state index contributed by atoms with van der Waals surface area (Å²) in [5, 5.41) is 9.57. The highest BCUT2D eigenvalue weighted by Gasteiger charge is 2.35. The average molecular weight is 407 g/mol. The van der Waals surface area contributed by atoms with Crippen LogP contribution >= 0.6 is 0 Å². The Bertz CT molecular complexity index is 973. The maximum atomic E-state index is 12.5. The van der Waals surface area contributed by atoms with E-state index in [1.54, 1.807) is 11.9 Å². The molecule has 0 radical (unpaired) electrons. The summed E-state index contributed by atoms with van der Waals surface area (Å²) in [5.74, 6) is 0.428. The number of aromatic nitrogens is 1. The van der Waals surface area contributed by atoms with E-state index in [4.69, 9.17) is 10.5 Å². The minimum absolute atomic E-state index is 0.0763. The molecule has 0 bridgehead atoms. The summed E-state index contributed by atoms with van der Waals surface area (Å²) >= 11 is 0. The van der Waals surface area contributed by atoms with Crippen molar-refractivity contribution in [3.05, 3.63) is 47.2 Å². The molecular formula is C24H30N4O2. The number of hydrogen-bond donors (Lipinski definition) is 1. The van der Waals surface area contributed by atoms with Crippen molar-refractivity contribution < 1.29 is 9.53 Å². The van der Waals surface area contributed by atoms with Crippen LogP contribution in [0.1, 0.15) is 62.8 Å². The molecule has 2 atom stereocenters. The Kier molecular flexibility index (Phi) is 6.02. The quantitative estimate of drug-likeness (QED) is 0.773. The Balaban J connectivity index is 1.94. The Morgan fingerprint density at radius 1 is 1.27 bits per heavy atom. The van der Waals surface area contributed by atoms with E-state index in [0.717, 1.165) is 41.6 Å². The van der Waals surface area contributed by atoms with Crippen molar-refractivity contribution in [1.29, 1.82) is 5.26 Å². The van der Waals surface area contributed by atoms with Crippen LogP contribution in [0.2, 0.25) is 0 Å². The molecule has 3 rings (SSSR count). The zero-order valence-corrected chi connectivity index (χ0v) is 18.4. The Labute approximate surface area is 178 Å². The highest BCUT2D eigenvalue weighted by atomic mass is 16.6. The summed E-state index contributed by atoms with van der Waals surface area (Å²) in [6.45, 7) is 7.54. The highest BCUT2D eigenvalue weighted by molar-refractivity contribution is 5.76. The third-order valence-electron chi connectivity index (χ3n) is 5.70. The predicted molar refractivity (Wildman–Crippen MR) is 118 cm³/mol. The van der Waals surface area contributed by atoms with Gasteiger partial charge in [0.25, 0.3) is 0 Å². The van der Waals surface area contributed by atoms with Crippen LogP contribution in [0.5, 0.6) is 0 Å². The van der Waals surface area contributed by atoms with E-state index in [9.17, 15) is 10.1 Å². The lowest BCUT2D eigenvalue weighted by atomic mass is 9.89. The first kappa shape index (κ1) is 21.6. The van der Waals surface area contributed by atoms with E-state index in [1.807, 2.05) is 58.0 Å². The van der Waals surface area contributed by atoms with Gasteiger partial charge < -0.3 is 15.4 Å². The number of rotatable bonds is 3. The van der Waals surface area contributed by atoms with Crippen molar-refractivity contribution in [3.63, 3.8) is 0 Å². The number of benzene rings is 1. The van der Waals surface area contributed by atoms with E-state index in [-0.39, 0.29) is 23.9 Å². The molecule has 1 amide bonds. The largest absolute Gasteiger partial charge is 0.444 e. The topological polar surface area (TPSA) is 92.2 Å². The number of nitriles is 1. The lowest BCUT2D eigenvalue weighted by Gasteiger charge is -2.28. The molecule has 1 aromatic carbocycles. The van der Waals surface area contributed by atoms with Crippen LogP contribution in [-0.2, 0) is 4.74 Å². The van der Waals surface area contributed by atoms with E-state index in [1.165, 1.54) is 0 Å². The number of nitrogens with zero attached hydrogens (tertiary/aromatic N) is 3. The molecule has 0 aliphatic heterocycles. The van der Waals surface area contributed by atoms with Gasteiger partial charge in [-0.2, -0.15) is 5.26 Å². The van der Waals surface area contributed by atoms with Gasteiger partial charge in [0, 0.05) is 24.6 Å². The zero-order chi connectivity index (χ0) is 22.1. The van der Waals surface area contributed by atoms with Gasteiger partial charge in [0.15, 0.2) is 0 Å². The number of nitrogens with two attached hydrogens (primary N) is 1. The second-order valence-electron chi connectivity index (χ2n) is 8.99. The molecule has 1 heterocycles. The summed E-state index contributed by atoms with van der Waals surface area (Å²) in [4.78, 5) is 18.9. The molecule has 1 unspecified atom stereocenters. The molecule has 30 heavy (non-hydrogen) atoms. The highest BCUT2D eigenvalue weighted by Crippen LogP contribution is 2.42. The van der Waals surface area contributed by atoms with Gasteiger partial charge in [-0.1, -0.05) is 30.3 Å². The standard InChI is InChI=1S/C24H30N4O2/c1-15-19(14-25)22(26)27-21(20(15)16-9-7-6-8-10-16)17-11-12-18(13-17)28(5)23(29)30-24(2,3)4/h6-10,17-18H,11-13H2,1-5H3,(H2,26,27)/t17-,18?/m1/s1. The second kappa shape index (κ2) is 8.35. The first-order chi connectivity index (χ1) is 14.1. The van der Waals surface area contributed by atoms with Gasteiger partial charge in [0.05, 0.1) is 11.3 Å². The predicted octanol–water partition coefficient (Wildman–Crippen LogP) is 5.01. The van der Waals surface area contributed by atoms with Crippen molar-refractivity contribution in [2.75, 3.05) is 12.8 Å². The maximum Gasteiger partial charge on any atom is 0.410 e. The number of nitrogen functional groups attached to an aromatic ring is 1. The maximum absolute atomic E-state index is 12.5. The summed E-state index contributed by atoms with van der Waals surface area (Å²) < 4.78 is 5.53. The van der Waals surface area contributed by atoms with Crippen molar-refractivity contribution in [3.8, 4) is 17.2 Å². The molecule has 0 saturated heterocycles. The normalized spacial score (nSPS) is 18.7. The molecule has 2 aromatic rings. The summed E-state index contributed by atoms with van der Waals surface area (Å²) in [6.07, 6.45) is 2.25. The first-order valence-corrected chi connectivity index (χ1v) is 10.3. The van der Waals surface area contributed by atoms with Gasteiger partial charge in [-0.15, -0.1) is 0 Å². The van der Waals surface area contributed by atoms with E-state index >= 15 is 0 Å². The molecule has 1 aliphatic rings. The van der Waals surface area contributed by atoms with Gasteiger partial charge in [-0.3, -0.25) is 0 Å². The average Bonchev–Trinajstić information content (AvgIpc) is 3.16. The van der Waals surface area contributed by atoms with Gasteiger partial charge in [0.2, 0.25) is 0 Å². The van der Waals surface area contributed by atoms with Crippen molar-refractivity contribution in [2.45, 2.75) is 64.5 Å². The second-order valence-corrected chi connectivity index (χ2v) is 8.99. The van der Waals surface area contributed by atoms with E-state index in [0.29, 0.717) is 5.56 Å². The number of amides is 1. The lowest BCUT2D eigenvalue weighted by molar-refractivity contribution is 0.0225. The SMILES string of the molecule is Cc1c(C#N)c(N)nc([C@@H]2CCC(N(C)C(=O)OC(C)(C)C)C2)c1-c1ccccc1. The van der Waals surface area contributed by atoms with E-state index < -0.39 is 5.60 Å². The third-order valence-corrected chi connectivity index (χ3v) is 5.70. The molecule has 6 heteroatoms. The number of carbonyl (C=O) groups excluding carboxylic acids is 1. The molecule has 6 nitrogen and oxygen atoms in total. The van der Waals surface area contributed by atoms with E-state index in [2.05, 4.69) is 11.1 Å². The van der Waals surface area contributed by atoms with Crippen molar-refractivity contribution in [1.82, 2.24) is 9.88 Å². The number of ether oxygens (including phenoxy) is 1. The van der Waals surface area contributed by atoms with Gasteiger partial charge >= 0.3 is 6.09 Å². The smallest absolute Gasteiger partial charge is 0.410 e. The van der Waals surface area contributed by atoms with Crippen LogP contribution in [-0.4, -0.2) is 34.7 Å². The van der Waals surface area contributed by atoms with Crippen LogP contribution < -0.4 is 5.73 Å². The molecular weight excluding hydrogens is 376 g/mol. The summed E-state index contributed by atoms with van der Waals surface area (Å²) in [6, 6.07) is 12.3. The van der Waals surface area contributed by atoms with Gasteiger partial charge in [-0.25, -0.2) is 9.78 Å². The van der Waals surface area contributed by atoms with Crippen LogP contribution in [0.4, 0.5) is 10.6 Å². The van der Waals surface area contributed by atoms with Crippen LogP contribution in [0.25, 0.3) is 11.1 Å². The zero-order valence-electron chi connectivity index (χ0n) is 18.4. The van der Waals surface area contributed by atoms with Crippen LogP contribution in [0, 0.1) is 18.3 Å². The minimum atomic E-state index is -0.524. The van der Waals surface area contributed by atoms with Gasteiger partial charge in [0.1, 0.15) is 17.5 Å². The molecule has 2 N–H and O–H groups in total. The van der Waals surface area contributed by atoms with Gasteiger partial charge in [-0.05, 0) is 58.1 Å². The Hall–Kier alpha value is -3.07. The molecule has 1 aliphatic carbocycles. The fourth-order valence-electron chi connectivity index (χ4n) is 4.20. The monoisotopic (exact) mass is 406 g/mol. The molecule has 1 saturated carbocycles. The van der Waals surface area contributed by atoms with Crippen LogP contribution in [0.15, 0.2) is 30.3 Å². The fourth-order valence-corrected chi connectivity index (χ4v) is 4.20. The van der Waals surface area contributed by atoms with Crippen molar-refractivity contribution in [2.24, 2.45) is 0 Å². The lowest BCUT2D eigenvalue weighted by Crippen LogP contribution is -2.39. The molecule has 0 spiro atoms. The number of pyridine rings is 1. The number of carbonyl (C=O) groups is 1. The Morgan fingerprint density at radius 2 is 1.93 bits per heavy atom. The first-order valence-electron chi connectivity index (χ1n) is 10.3. The summed E-state index contributed by atoms with van der Waals surface area (Å²) in [5.41, 5.74) is 9.82. The Morgan fingerprint density at radius 3 is 2.53 bits per heavy atom. The number of hydrogen-bond acceptors (Lipinski definition) is 5. The van der Waals surface area contributed by atoms with Crippen LogP contribution in [0.3, 0.4) is 0 Å². The summed E-state index contributed by atoms with van der Waals surface area (Å²) in [7, 11) is 1.80. The molecule has 1 aromatic heterocycles. The third kappa shape index (κ3) is 4.40. The number of anilines is 1. The minimum Gasteiger partial charge on any atom is -0.444 e.